The molecule has 0 bridgehead atoms. The van der Waals surface area contributed by atoms with Gasteiger partial charge in [-0.3, -0.25) is 4.98 Å². The third-order valence-electron chi connectivity index (χ3n) is 5.02. The first-order valence-electron chi connectivity index (χ1n) is 9.56. The fraction of sp³-hybridized carbons (Fsp3) is 0.120. The molecule has 1 aliphatic carbocycles. The van der Waals surface area contributed by atoms with Crippen LogP contribution in [0.5, 0.6) is 11.5 Å². The number of pyridine rings is 2. The van der Waals surface area contributed by atoms with Gasteiger partial charge in [0.05, 0.1) is 0 Å². The zero-order valence-electron chi connectivity index (χ0n) is 17.0. The Labute approximate surface area is 201 Å². The van der Waals surface area contributed by atoms with Gasteiger partial charge in [-0.25, -0.2) is 4.98 Å². The molecular formula is C25H23ClN2O2Ru+3. The zero-order chi connectivity index (χ0) is 20.2. The maximum absolute atomic E-state index is 9.60. The summed E-state index contributed by atoms with van der Waals surface area (Å²) in [7, 11) is 0. The average molecular weight is 520 g/mol. The Morgan fingerprint density at radius 3 is 1.61 bits per heavy atom. The molecule has 0 saturated carbocycles. The molecule has 6 heteroatoms. The van der Waals surface area contributed by atoms with E-state index >= 15 is 0 Å². The van der Waals surface area contributed by atoms with Gasteiger partial charge in [0.1, 0.15) is 22.9 Å². The molecule has 0 fully saturated rings. The van der Waals surface area contributed by atoms with Crippen molar-refractivity contribution in [2.45, 2.75) is 19.8 Å². The van der Waals surface area contributed by atoms with Gasteiger partial charge in [0.2, 0.25) is 0 Å². The van der Waals surface area contributed by atoms with Gasteiger partial charge in [0.15, 0.2) is 0 Å². The molecule has 4 aromatic rings. The second-order valence-electron chi connectivity index (χ2n) is 7.08. The van der Waals surface area contributed by atoms with Crippen LogP contribution < -0.4 is 0 Å². The Morgan fingerprint density at radius 1 is 0.645 bits per heavy atom. The van der Waals surface area contributed by atoms with E-state index in [1.807, 2.05) is 6.92 Å². The van der Waals surface area contributed by atoms with Crippen molar-refractivity contribution in [1.29, 1.82) is 0 Å². The summed E-state index contributed by atoms with van der Waals surface area (Å²) >= 11 is 0. The Morgan fingerprint density at radius 2 is 1.13 bits per heavy atom. The molecule has 0 unspecified atom stereocenters. The smallest absolute Gasteiger partial charge is 0.506 e. The molecule has 0 amide bonds. The standard InChI is InChI=1S/C14H12.C11H10N2O2.ClH.Ru/c1-2-6-12-10-14-8-4-3-7-13(14)9-11(12)5-1;1-7-4-5-9(15)11(13-7)10-8(14)3-2-6-12-10;;/h1-8H,9-10H2;2-6,14-15H,1H3;1H;/q;;;+3. The van der Waals surface area contributed by atoms with Gasteiger partial charge >= 0.3 is 19.5 Å². The fourth-order valence-electron chi connectivity index (χ4n) is 3.52. The van der Waals surface area contributed by atoms with Crippen LogP contribution in [0.3, 0.4) is 0 Å². The number of aromatic nitrogens is 2. The molecule has 0 saturated heterocycles. The third-order valence-corrected chi connectivity index (χ3v) is 5.02. The molecular weight excluding hydrogens is 497 g/mol. The van der Waals surface area contributed by atoms with Crippen molar-refractivity contribution in [3.8, 4) is 22.9 Å². The molecule has 2 N–H and O–H groups in total. The second kappa shape index (κ2) is 11.0. The molecule has 0 atom stereocenters. The summed E-state index contributed by atoms with van der Waals surface area (Å²) < 4.78 is 0. The molecule has 2 aromatic carbocycles. The summed E-state index contributed by atoms with van der Waals surface area (Å²) in [6.07, 6.45) is 3.75. The van der Waals surface area contributed by atoms with E-state index in [9.17, 15) is 10.2 Å². The van der Waals surface area contributed by atoms with Crippen LogP contribution in [-0.4, -0.2) is 20.2 Å². The molecule has 0 aliphatic heterocycles. The van der Waals surface area contributed by atoms with Crippen molar-refractivity contribution in [2.75, 3.05) is 0 Å². The number of halogens is 1. The van der Waals surface area contributed by atoms with E-state index < -0.39 is 0 Å². The summed E-state index contributed by atoms with van der Waals surface area (Å²) in [4.78, 5) is 8.11. The minimum absolute atomic E-state index is 0. The molecule has 4 nitrogen and oxygen atoms in total. The van der Waals surface area contributed by atoms with Crippen molar-refractivity contribution in [2.24, 2.45) is 0 Å². The molecule has 2 heterocycles. The van der Waals surface area contributed by atoms with Crippen molar-refractivity contribution < 1.29 is 29.7 Å². The predicted octanol–water partition coefficient (Wildman–Crippen LogP) is 5.46. The van der Waals surface area contributed by atoms with E-state index in [1.165, 1.54) is 34.4 Å². The molecule has 5 rings (SSSR count). The van der Waals surface area contributed by atoms with Gasteiger partial charge in [-0.05, 0) is 66.3 Å². The number of benzene rings is 2. The molecule has 2 aromatic heterocycles. The van der Waals surface area contributed by atoms with E-state index in [1.54, 1.807) is 18.3 Å². The SMILES string of the molecule is Cc1ccc(O)c(-c2ncccc2O)n1.Cl.[Ru+3].c1ccc2c(c1)Cc1ccccc1C2. The number of hydrogen-bond acceptors (Lipinski definition) is 4. The van der Waals surface area contributed by atoms with Crippen LogP contribution in [0.25, 0.3) is 11.4 Å². The molecule has 1 aliphatic rings. The minimum atomic E-state index is 0. The van der Waals surface area contributed by atoms with Gasteiger partial charge in [-0.15, -0.1) is 12.4 Å². The second-order valence-corrected chi connectivity index (χ2v) is 7.08. The number of aryl methyl sites for hydroxylation is 1. The summed E-state index contributed by atoms with van der Waals surface area (Å²) in [6.45, 7) is 1.81. The monoisotopic (exact) mass is 520 g/mol. The van der Waals surface area contributed by atoms with E-state index in [0.717, 1.165) is 18.5 Å². The molecule has 157 valence electrons. The normalized spacial score (nSPS) is 10.9. The zero-order valence-corrected chi connectivity index (χ0v) is 19.5. The van der Waals surface area contributed by atoms with E-state index in [0.29, 0.717) is 11.4 Å². The van der Waals surface area contributed by atoms with E-state index in [-0.39, 0.29) is 43.4 Å². The molecule has 1 radical (unpaired) electrons. The Hall–Kier alpha value is -2.75. The number of nitrogens with zero attached hydrogens (tertiary/aromatic N) is 2. The molecule has 0 spiro atoms. The van der Waals surface area contributed by atoms with Crippen molar-refractivity contribution in [3.05, 3.63) is 107 Å². The average Bonchev–Trinajstić information content (AvgIpc) is 2.75. The van der Waals surface area contributed by atoms with Crippen molar-refractivity contribution >= 4 is 12.4 Å². The van der Waals surface area contributed by atoms with Crippen LogP contribution in [0.2, 0.25) is 0 Å². The van der Waals surface area contributed by atoms with Gasteiger partial charge in [0.25, 0.3) is 0 Å². The topological polar surface area (TPSA) is 66.2 Å². The maximum atomic E-state index is 9.60. The quantitative estimate of drug-likeness (QED) is 0.288. The van der Waals surface area contributed by atoms with Crippen LogP contribution in [0, 0.1) is 6.92 Å². The van der Waals surface area contributed by atoms with Crippen LogP contribution >= 0.6 is 12.4 Å². The number of fused-ring (bicyclic) bond motifs is 2. The van der Waals surface area contributed by atoms with Crippen molar-refractivity contribution in [1.82, 2.24) is 9.97 Å². The first-order chi connectivity index (χ1) is 14.1. The van der Waals surface area contributed by atoms with Crippen LogP contribution in [-0.2, 0) is 32.3 Å². The summed E-state index contributed by atoms with van der Waals surface area (Å²) in [5.41, 5.74) is 7.31. The van der Waals surface area contributed by atoms with Crippen LogP contribution in [0.1, 0.15) is 27.9 Å². The van der Waals surface area contributed by atoms with Gasteiger partial charge in [0, 0.05) is 11.9 Å². The van der Waals surface area contributed by atoms with Gasteiger partial charge < -0.3 is 10.2 Å². The number of rotatable bonds is 1. The first-order valence-corrected chi connectivity index (χ1v) is 9.56. The fourth-order valence-corrected chi connectivity index (χ4v) is 3.52. The predicted molar refractivity (Wildman–Crippen MR) is 121 cm³/mol. The van der Waals surface area contributed by atoms with E-state index in [4.69, 9.17) is 0 Å². The summed E-state index contributed by atoms with van der Waals surface area (Å²) in [5, 5.41) is 19.2. The molecule has 31 heavy (non-hydrogen) atoms. The maximum Gasteiger partial charge on any atom is 3.00 e. The van der Waals surface area contributed by atoms with Crippen LogP contribution in [0.4, 0.5) is 0 Å². The number of aromatic hydroxyl groups is 2. The minimum Gasteiger partial charge on any atom is -0.506 e. The van der Waals surface area contributed by atoms with Gasteiger partial charge in [-0.1, -0.05) is 48.5 Å². The van der Waals surface area contributed by atoms with E-state index in [2.05, 4.69) is 58.5 Å². The largest absolute Gasteiger partial charge is 3.00 e. The number of hydrogen-bond donors (Lipinski definition) is 2. The Kier molecular flexibility index (Phi) is 8.73. The Bertz CT molecular complexity index is 1080. The third kappa shape index (κ3) is 5.69. The summed E-state index contributed by atoms with van der Waals surface area (Å²) in [5.74, 6) is 0.0144. The first kappa shape index (κ1) is 24.5. The van der Waals surface area contributed by atoms with Gasteiger partial charge in [-0.2, -0.15) is 0 Å². The Balaban J connectivity index is 0.000000207. The summed E-state index contributed by atoms with van der Waals surface area (Å²) in [6, 6.07) is 23.8. The van der Waals surface area contributed by atoms with Crippen LogP contribution in [0.15, 0.2) is 79.0 Å². The van der Waals surface area contributed by atoms with Crippen molar-refractivity contribution in [3.63, 3.8) is 0 Å².